The summed E-state index contributed by atoms with van der Waals surface area (Å²) in [6, 6.07) is 1.94. The lowest BCUT2D eigenvalue weighted by Crippen LogP contribution is -2.36. The Hall–Kier alpha value is -1.12. The Balaban J connectivity index is 3.14. The SMILES string of the molecule is CNc1ccnc(C)[n+]1C. The fourth-order valence-corrected chi connectivity index (χ4v) is 0.840. The highest BCUT2D eigenvalue weighted by atomic mass is 15.1. The standard InChI is InChI=1S/C7H11N3/c1-6-9-5-4-7(8-2)10(6)3/h4-5H,1-3H3/p+1. The van der Waals surface area contributed by atoms with Crippen molar-refractivity contribution in [2.24, 2.45) is 7.05 Å². The molecule has 1 rings (SSSR count). The van der Waals surface area contributed by atoms with Gasteiger partial charge >= 0.3 is 0 Å². The van der Waals surface area contributed by atoms with Crippen LogP contribution < -0.4 is 9.88 Å². The molecule has 10 heavy (non-hydrogen) atoms. The van der Waals surface area contributed by atoms with Crippen LogP contribution in [0.4, 0.5) is 5.82 Å². The molecule has 1 N–H and O–H groups in total. The van der Waals surface area contributed by atoms with Crippen LogP contribution in [0.2, 0.25) is 0 Å². The first kappa shape index (κ1) is 6.99. The third kappa shape index (κ3) is 1.07. The molecule has 0 aliphatic carbocycles. The number of nitrogens with zero attached hydrogens (tertiary/aromatic N) is 2. The van der Waals surface area contributed by atoms with E-state index in [0.717, 1.165) is 11.6 Å². The van der Waals surface area contributed by atoms with Crippen molar-refractivity contribution >= 4 is 5.82 Å². The van der Waals surface area contributed by atoms with Crippen LogP contribution in [-0.2, 0) is 7.05 Å². The summed E-state index contributed by atoms with van der Waals surface area (Å²) >= 11 is 0. The van der Waals surface area contributed by atoms with Gasteiger partial charge in [0.15, 0.2) is 0 Å². The molecular formula is C7H12N3+. The number of aryl methyl sites for hydroxylation is 1. The van der Waals surface area contributed by atoms with E-state index >= 15 is 0 Å². The lowest BCUT2D eigenvalue weighted by Gasteiger charge is -2.00. The Morgan fingerprint density at radius 2 is 2.30 bits per heavy atom. The second kappa shape index (κ2) is 2.64. The molecule has 0 saturated heterocycles. The van der Waals surface area contributed by atoms with Gasteiger partial charge in [0, 0.05) is 20.0 Å². The van der Waals surface area contributed by atoms with Crippen LogP contribution in [0.3, 0.4) is 0 Å². The van der Waals surface area contributed by atoms with Crippen LogP contribution in [0.5, 0.6) is 0 Å². The van der Waals surface area contributed by atoms with Gasteiger partial charge in [-0.15, -0.1) is 4.98 Å². The molecule has 1 heterocycles. The highest BCUT2D eigenvalue weighted by Gasteiger charge is 2.02. The summed E-state index contributed by atoms with van der Waals surface area (Å²) in [7, 11) is 3.88. The van der Waals surface area contributed by atoms with Crippen molar-refractivity contribution in [3.8, 4) is 0 Å². The van der Waals surface area contributed by atoms with E-state index in [0.29, 0.717) is 0 Å². The van der Waals surface area contributed by atoms with E-state index in [9.17, 15) is 0 Å². The lowest BCUT2D eigenvalue weighted by atomic mass is 10.5. The number of hydrogen-bond acceptors (Lipinski definition) is 2. The molecule has 0 aliphatic rings. The highest BCUT2D eigenvalue weighted by molar-refractivity contribution is 5.24. The van der Waals surface area contributed by atoms with Crippen LogP contribution in [0.25, 0.3) is 0 Å². The van der Waals surface area contributed by atoms with E-state index < -0.39 is 0 Å². The maximum Gasteiger partial charge on any atom is 0.234 e. The first-order valence-corrected chi connectivity index (χ1v) is 3.25. The van der Waals surface area contributed by atoms with Gasteiger partial charge in [-0.25, -0.2) is 4.57 Å². The zero-order valence-electron chi connectivity index (χ0n) is 6.55. The summed E-state index contributed by atoms with van der Waals surface area (Å²) in [6.45, 7) is 1.97. The van der Waals surface area contributed by atoms with Gasteiger partial charge in [0.05, 0.1) is 7.05 Å². The van der Waals surface area contributed by atoms with Crippen LogP contribution >= 0.6 is 0 Å². The van der Waals surface area contributed by atoms with E-state index in [1.165, 1.54) is 0 Å². The van der Waals surface area contributed by atoms with E-state index in [1.807, 2.05) is 31.7 Å². The van der Waals surface area contributed by atoms with Gasteiger partial charge in [-0.2, -0.15) is 0 Å². The van der Waals surface area contributed by atoms with Crippen LogP contribution in [0.1, 0.15) is 5.82 Å². The van der Waals surface area contributed by atoms with Crippen molar-refractivity contribution < 1.29 is 4.57 Å². The lowest BCUT2D eigenvalue weighted by molar-refractivity contribution is -0.666. The van der Waals surface area contributed by atoms with Crippen molar-refractivity contribution in [3.05, 3.63) is 18.1 Å². The predicted octanol–water partition coefficient (Wildman–Crippen LogP) is 0.256. The first-order chi connectivity index (χ1) is 4.75. The molecular weight excluding hydrogens is 126 g/mol. The van der Waals surface area contributed by atoms with Crippen molar-refractivity contribution in [1.29, 1.82) is 0 Å². The number of aromatic nitrogens is 2. The highest BCUT2D eigenvalue weighted by Crippen LogP contribution is 1.94. The maximum atomic E-state index is 4.11. The number of rotatable bonds is 1. The van der Waals surface area contributed by atoms with Crippen molar-refractivity contribution in [2.45, 2.75) is 6.92 Å². The molecule has 0 spiro atoms. The fraction of sp³-hybridized carbons (Fsp3) is 0.429. The molecule has 54 valence electrons. The summed E-state index contributed by atoms with van der Waals surface area (Å²) in [4.78, 5) is 4.11. The maximum absolute atomic E-state index is 4.11. The second-order valence-corrected chi connectivity index (χ2v) is 2.19. The zero-order valence-corrected chi connectivity index (χ0v) is 6.55. The van der Waals surface area contributed by atoms with E-state index in [2.05, 4.69) is 10.3 Å². The predicted molar refractivity (Wildman–Crippen MR) is 39.7 cm³/mol. The molecule has 0 aliphatic heterocycles. The van der Waals surface area contributed by atoms with Gasteiger partial charge in [-0.3, -0.25) is 0 Å². The van der Waals surface area contributed by atoms with Crippen LogP contribution in [0.15, 0.2) is 12.3 Å². The van der Waals surface area contributed by atoms with Crippen molar-refractivity contribution in [1.82, 2.24) is 4.98 Å². The number of hydrogen-bond donors (Lipinski definition) is 1. The Kier molecular flexibility index (Phi) is 1.85. The van der Waals surface area contributed by atoms with Crippen LogP contribution in [-0.4, -0.2) is 12.0 Å². The van der Waals surface area contributed by atoms with Gasteiger partial charge in [0.2, 0.25) is 11.6 Å². The molecule has 3 heteroatoms. The molecule has 0 saturated carbocycles. The molecule has 0 fully saturated rings. The molecule has 0 unspecified atom stereocenters. The smallest absolute Gasteiger partial charge is 0.234 e. The molecule has 1 aromatic rings. The summed E-state index contributed by atoms with van der Waals surface area (Å²) < 4.78 is 2.00. The van der Waals surface area contributed by atoms with Crippen LogP contribution in [0, 0.1) is 6.92 Å². The second-order valence-electron chi connectivity index (χ2n) is 2.19. The Labute approximate surface area is 60.7 Å². The summed E-state index contributed by atoms with van der Waals surface area (Å²) in [5.41, 5.74) is 0. The van der Waals surface area contributed by atoms with Gasteiger partial charge in [-0.1, -0.05) is 0 Å². The van der Waals surface area contributed by atoms with E-state index in [1.54, 1.807) is 6.20 Å². The molecule has 1 aromatic heterocycles. The van der Waals surface area contributed by atoms with Gasteiger partial charge in [-0.05, 0) is 0 Å². The third-order valence-corrected chi connectivity index (χ3v) is 1.60. The van der Waals surface area contributed by atoms with Gasteiger partial charge < -0.3 is 5.32 Å². The summed E-state index contributed by atoms with van der Waals surface area (Å²) in [5.74, 6) is 2.08. The Bertz CT molecular complexity index is 232. The molecule has 0 bridgehead atoms. The average molecular weight is 138 g/mol. The topological polar surface area (TPSA) is 28.8 Å². The van der Waals surface area contributed by atoms with Crippen molar-refractivity contribution in [3.63, 3.8) is 0 Å². The number of anilines is 1. The molecule has 0 aromatic carbocycles. The van der Waals surface area contributed by atoms with Gasteiger partial charge in [0.25, 0.3) is 0 Å². The van der Waals surface area contributed by atoms with Gasteiger partial charge in [0.1, 0.15) is 6.20 Å². The summed E-state index contributed by atoms with van der Waals surface area (Å²) in [6.07, 6.45) is 1.79. The minimum absolute atomic E-state index is 1.01. The average Bonchev–Trinajstić information content (AvgIpc) is 1.95. The van der Waals surface area contributed by atoms with Crippen molar-refractivity contribution in [2.75, 3.05) is 12.4 Å². The first-order valence-electron chi connectivity index (χ1n) is 3.25. The Morgan fingerprint density at radius 3 is 2.80 bits per heavy atom. The molecule has 3 nitrogen and oxygen atoms in total. The largest absolute Gasteiger partial charge is 0.308 e. The fourth-order valence-electron chi connectivity index (χ4n) is 0.840. The van der Waals surface area contributed by atoms with E-state index in [4.69, 9.17) is 0 Å². The third-order valence-electron chi connectivity index (χ3n) is 1.60. The quantitative estimate of drug-likeness (QED) is 0.564. The molecule has 0 radical (unpaired) electrons. The number of nitrogens with one attached hydrogen (secondary N) is 1. The normalized spacial score (nSPS) is 9.50. The minimum atomic E-state index is 1.01. The molecule has 0 atom stereocenters. The molecule has 0 amide bonds. The summed E-state index contributed by atoms with van der Waals surface area (Å²) in [5, 5.41) is 3.06. The zero-order chi connectivity index (χ0) is 7.56. The Morgan fingerprint density at radius 1 is 1.60 bits per heavy atom. The monoisotopic (exact) mass is 138 g/mol. The van der Waals surface area contributed by atoms with E-state index in [-0.39, 0.29) is 0 Å². The minimum Gasteiger partial charge on any atom is -0.308 e.